The van der Waals surface area contributed by atoms with Crippen molar-refractivity contribution in [2.45, 2.75) is 6.92 Å². The largest absolute Gasteiger partial charge is 0.296 e. The molecule has 2 aromatic heterocycles. The summed E-state index contributed by atoms with van der Waals surface area (Å²) in [6.45, 7) is 1.94. The summed E-state index contributed by atoms with van der Waals surface area (Å²) in [7, 11) is 1.72. The number of rotatable bonds is 2. The number of aromatic nitrogens is 3. The van der Waals surface area contributed by atoms with E-state index in [-0.39, 0.29) is 5.91 Å². The molecule has 5 nitrogen and oxygen atoms in total. The molecule has 0 atom stereocenters. The molecule has 0 aliphatic carbocycles. The number of hydrogen-bond acceptors (Lipinski definition) is 4. The Hall–Kier alpha value is -1.69. The van der Waals surface area contributed by atoms with E-state index in [0.29, 0.717) is 10.8 Å². The van der Waals surface area contributed by atoms with Crippen LogP contribution in [0.2, 0.25) is 0 Å². The van der Waals surface area contributed by atoms with Crippen molar-refractivity contribution in [1.82, 2.24) is 14.8 Å². The van der Waals surface area contributed by atoms with Gasteiger partial charge >= 0.3 is 0 Å². The van der Waals surface area contributed by atoms with Crippen LogP contribution in [0.25, 0.3) is 0 Å². The van der Waals surface area contributed by atoms with Crippen molar-refractivity contribution >= 4 is 22.4 Å². The minimum atomic E-state index is -0.190. The van der Waals surface area contributed by atoms with Crippen LogP contribution in [-0.2, 0) is 7.05 Å². The number of nitrogens with zero attached hydrogens (tertiary/aromatic N) is 3. The molecule has 0 unspecified atom stereocenters. The molecule has 15 heavy (non-hydrogen) atoms. The zero-order valence-electron chi connectivity index (χ0n) is 8.39. The lowest BCUT2D eigenvalue weighted by Gasteiger charge is -2.00. The summed E-state index contributed by atoms with van der Waals surface area (Å²) in [6.07, 6.45) is 3.31. The molecule has 0 saturated heterocycles. The Labute approximate surface area is 90.8 Å². The molecular weight excluding hydrogens is 212 g/mol. The van der Waals surface area contributed by atoms with Crippen LogP contribution in [0.15, 0.2) is 18.5 Å². The van der Waals surface area contributed by atoms with Crippen molar-refractivity contribution in [1.29, 1.82) is 0 Å². The summed E-state index contributed by atoms with van der Waals surface area (Å²) in [5.74, 6) is -0.190. The Morgan fingerprint density at radius 3 is 2.93 bits per heavy atom. The van der Waals surface area contributed by atoms with Crippen molar-refractivity contribution in [2.75, 3.05) is 5.32 Å². The molecule has 1 N–H and O–H groups in total. The van der Waals surface area contributed by atoms with E-state index in [4.69, 9.17) is 0 Å². The van der Waals surface area contributed by atoms with Crippen LogP contribution in [0, 0.1) is 6.92 Å². The Morgan fingerprint density at radius 1 is 1.60 bits per heavy atom. The van der Waals surface area contributed by atoms with Gasteiger partial charge in [-0.1, -0.05) is 0 Å². The van der Waals surface area contributed by atoms with E-state index in [1.54, 1.807) is 25.5 Å². The van der Waals surface area contributed by atoms with E-state index in [0.717, 1.165) is 4.88 Å². The van der Waals surface area contributed by atoms with Crippen LogP contribution in [0.4, 0.5) is 5.13 Å². The highest BCUT2D eigenvalue weighted by atomic mass is 32.1. The van der Waals surface area contributed by atoms with Crippen molar-refractivity contribution < 1.29 is 4.79 Å². The molecule has 0 bridgehead atoms. The first-order valence-electron chi connectivity index (χ1n) is 4.38. The molecule has 0 fully saturated rings. The topological polar surface area (TPSA) is 59.8 Å². The lowest BCUT2D eigenvalue weighted by molar-refractivity contribution is 0.101. The van der Waals surface area contributed by atoms with E-state index in [9.17, 15) is 4.79 Å². The van der Waals surface area contributed by atoms with Crippen molar-refractivity contribution in [3.05, 3.63) is 29.0 Å². The smallest absolute Gasteiger partial charge is 0.275 e. The Bertz CT molecular complexity index is 488. The second-order valence-electron chi connectivity index (χ2n) is 3.07. The zero-order chi connectivity index (χ0) is 10.8. The highest BCUT2D eigenvalue weighted by molar-refractivity contribution is 7.15. The van der Waals surface area contributed by atoms with E-state index in [1.165, 1.54) is 16.0 Å². The van der Waals surface area contributed by atoms with Crippen LogP contribution in [-0.4, -0.2) is 20.7 Å². The quantitative estimate of drug-likeness (QED) is 0.836. The lowest BCUT2D eigenvalue weighted by Crippen LogP contribution is -2.15. The van der Waals surface area contributed by atoms with Gasteiger partial charge in [-0.25, -0.2) is 4.98 Å². The van der Waals surface area contributed by atoms with Gasteiger partial charge in [0.05, 0.1) is 0 Å². The summed E-state index contributed by atoms with van der Waals surface area (Å²) in [5, 5.41) is 7.25. The third kappa shape index (κ3) is 2.04. The lowest BCUT2D eigenvalue weighted by atomic mass is 10.4. The molecule has 0 aromatic carbocycles. The molecule has 0 saturated carbocycles. The Morgan fingerprint density at radius 2 is 2.40 bits per heavy atom. The monoisotopic (exact) mass is 222 g/mol. The number of carbonyl (C=O) groups excluding carboxylic acids is 1. The fourth-order valence-corrected chi connectivity index (χ4v) is 1.83. The zero-order valence-corrected chi connectivity index (χ0v) is 9.21. The second-order valence-corrected chi connectivity index (χ2v) is 4.31. The summed E-state index contributed by atoms with van der Waals surface area (Å²) in [6, 6.07) is 1.66. The number of amides is 1. The maximum absolute atomic E-state index is 11.7. The number of nitrogens with one attached hydrogen (secondary N) is 1. The predicted octanol–water partition coefficient (Wildman–Crippen LogP) is 1.44. The maximum Gasteiger partial charge on any atom is 0.275 e. The molecule has 0 spiro atoms. The average molecular weight is 222 g/mol. The van der Waals surface area contributed by atoms with E-state index < -0.39 is 0 Å². The Balaban J connectivity index is 2.14. The van der Waals surface area contributed by atoms with Gasteiger partial charge in [-0.3, -0.25) is 14.8 Å². The van der Waals surface area contributed by atoms with Crippen LogP contribution in [0.5, 0.6) is 0 Å². The first kappa shape index (κ1) is 9.85. The van der Waals surface area contributed by atoms with Crippen LogP contribution in [0.3, 0.4) is 0 Å². The van der Waals surface area contributed by atoms with Crippen LogP contribution < -0.4 is 5.32 Å². The third-order valence-electron chi connectivity index (χ3n) is 1.90. The van der Waals surface area contributed by atoms with Gasteiger partial charge in [0.25, 0.3) is 5.91 Å². The fraction of sp³-hybridized carbons (Fsp3) is 0.222. The van der Waals surface area contributed by atoms with Gasteiger partial charge in [0.15, 0.2) is 5.13 Å². The molecule has 2 rings (SSSR count). The predicted molar refractivity (Wildman–Crippen MR) is 58.0 cm³/mol. The molecular formula is C9H10N4OS. The van der Waals surface area contributed by atoms with E-state index in [1.807, 2.05) is 6.92 Å². The van der Waals surface area contributed by atoms with Gasteiger partial charge in [-0.05, 0) is 13.0 Å². The molecule has 1 amide bonds. The van der Waals surface area contributed by atoms with Gasteiger partial charge in [0.2, 0.25) is 0 Å². The second kappa shape index (κ2) is 3.82. The summed E-state index contributed by atoms with van der Waals surface area (Å²) in [5.41, 5.74) is 0.517. The van der Waals surface area contributed by atoms with Gasteiger partial charge in [-0.15, -0.1) is 11.3 Å². The molecule has 0 aliphatic heterocycles. The van der Waals surface area contributed by atoms with E-state index >= 15 is 0 Å². The van der Waals surface area contributed by atoms with Crippen LogP contribution >= 0.6 is 11.3 Å². The fourth-order valence-electron chi connectivity index (χ4n) is 1.17. The first-order valence-corrected chi connectivity index (χ1v) is 5.20. The maximum atomic E-state index is 11.7. The highest BCUT2D eigenvalue weighted by Gasteiger charge is 2.11. The molecule has 2 heterocycles. The minimum absolute atomic E-state index is 0.190. The minimum Gasteiger partial charge on any atom is -0.296 e. The molecule has 2 aromatic rings. The average Bonchev–Trinajstić information content (AvgIpc) is 2.75. The first-order chi connectivity index (χ1) is 7.16. The molecule has 6 heteroatoms. The van der Waals surface area contributed by atoms with Crippen molar-refractivity contribution in [2.24, 2.45) is 7.05 Å². The molecule has 0 radical (unpaired) electrons. The Kier molecular flexibility index (Phi) is 2.51. The summed E-state index contributed by atoms with van der Waals surface area (Å²) < 4.78 is 1.52. The van der Waals surface area contributed by atoms with Gasteiger partial charge in [0, 0.05) is 24.3 Å². The molecule has 78 valence electrons. The van der Waals surface area contributed by atoms with Crippen molar-refractivity contribution in [3.8, 4) is 0 Å². The number of anilines is 1. The third-order valence-corrected chi connectivity index (χ3v) is 2.72. The standard InChI is InChI=1S/C9H10N4OS/c1-6-5-10-9(15-6)12-8(14)7-3-4-11-13(7)2/h3-5H,1-2H3,(H,10,12,14). The van der Waals surface area contributed by atoms with E-state index in [2.05, 4.69) is 15.4 Å². The summed E-state index contributed by atoms with van der Waals surface area (Å²) >= 11 is 1.45. The molecule has 0 aliphatic rings. The van der Waals surface area contributed by atoms with Gasteiger partial charge in [-0.2, -0.15) is 5.10 Å². The highest BCUT2D eigenvalue weighted by Crippen LogP contribution is 2.17. The van der Waals surface area contributed by atoms with Gasteiger partial charge < -0.3 is 0 Å². The normalized spacial score (nSPS) is 10.3. The SMILES string of the molecule is Cc1cnc(NC(=O)c2ccnn2C)s1. The number of thiazole rings is 1. The van der Waals surface area contributed by atoms with Crippen molar-refractivity contribution in [3.63, 3.8) is 0 Å². The van der Waals surface area contributed by atoms with Gasteiger partial charge in [0.1, 0.15) is 5.69 Å². The van der Waals surface area contributed by atoms with Crippen LogP contribution in [0.1, 0.15) is 15.4 Å². The number of carbonyl (C=O) groups is 1. The number of aryl methyl sites for hydroxylation is 2. The number of hydrogen-bond donors (Lipinski definition) is 1. The summed E-state index contributed by atoms with van der Waals surface area (Å²) in [4.78, 5) is 16.8.